The molecule has 1 aliphatic rings. The van der Waals surface area contributed by atoms with Gasteiger partial charge in [-0.2, -0.15) is 0 Å². The van der Waals surface area contributed by atoms with Gasteiger partial charge in [-0.15, -0.1) is 0 Å². The molecule has 7 heteroatoms. The Hall–Kier alpha value is -0.733. The quantitative estimate of drug-likeness (QED) is 0.456. The second kappa shape index (κ2) is 11.1. The molecule has 32 heavy (non-hydrogen) atoms. The predicted molar refractivity (Wildman–Crippen MR) is 138 cm³/mol. The van der Waals surface area contributed by atoms with Crippen LogP contribution in [0.25, 0.3) is 0 Å². The summed E-state index contributed by atoms with van der Waals surface area (Å²) in [5, 5.41) is 14.4. The highest BCUT2D eigenvalue weighted by Gasteiger charge is 2.41. The molecule has 0 unspecified atom stereocenters. The molecule has 0 spiro atoms. The van der Waals surface area contributed by atoms with Crippen molar-refractivity contribution in [1.82, 2.24) is 5.32 Å². The Morgan fingerprint density at radius 3 is 2.22 bits per heavy atom. The monoisotopic (exact) mass is 482 g/mol. The first kappa shape index (κ1) is 27.5. The molecule has 6 atom stereocenters. The van der Waals surface area contributed by atoms with Crippen molar-refractivity contribution in [3.8, 4) is 0 Å². The molecule has 1 heterocycles. The van der Waals surface area contributed by atoms with Crippen molar-refractivity contribution in [1.29, 1.82) is 0 Å². The van der Waals surface area contributed by atoms with Gasteiger partial charge in [-0.05, 0) is 62.9 Å². The lowest BCUT2D eigenvalue weighted by atomic mass is 9.95. The number of aliphatic hydroxyl groups excluding tert-OH is 1. The second-order valence-corrected chi connectivity index (χ2v) is 18.1. The minimum Gasteiger partial charge on any atom is -0.415 e. The molecule has 0 aliphatic carbocycles. The fourth-order valence-electron chi connectivity index (χ4n) is 4.14. The van der Waals surface area contributed by atoms with Gasteiger partial charge in [0.15, 0.2) is 8.32 Å². The molecule has 1 saturated heterocycles. The van der Waals surface area contributed by atoms with Crippen molar-refractivity contribution in [2.75, 3.05) is 12.4 Å². The van der Waals surface area contributed by atoms with Gasteiger partial charge in [-0.1, -0.05) is 52.3 Å². The highest BCUT2D eigenvalue weighted by molar-refractivity contribution is 7.93. The molecule has 0 aromatic heterocycles. The Bertz CT molecular complexity index is 842. The van der Waals surface area contributed by atoms with Crippen LogP contribution in [0, 0.1) is 24.7 Å². The van der Waals surface area contributed by atoms with E-state index in [0.717, 1.165) is 16.9 Å². The number of hydrogen-bond acceptors (Lipinski definition) is 5. The van der Waals surface area contributed by atoms with Gasteiger partial charge in [-0.25, -0.2) is 8.57 Å². The molecule has 0 bridgehead atoms. The topological polar surface area (TPSA) is 70.9 Å². The fourth-order valence-corrected chi connectivity index (χ4v) is 7.40. The summed E-state index contributed by atoms with van der Waals surface area (Å²) in [7, 11) is -4.41. The zero-order valence-corrected chi connectivity index (χ0v) is 23.4. The van der Waals surface area contributed by atoms with Crippen LogP contribution in [0.15, 0.2) is 33.5 Å². The number of hydrogen-bond donors (Lipinski definition) is 2. The SMILES string of the molecule is Cc1ccc([S@](=O)(C[C@H]2N[C@@H](CC(C)C)[C@@H](O)[C@H]2C)=N[C@@H](CO[Si](C)(C)C)C(C)C)cc1. The molecule has 1 aromatic rings. The summed E-state index contributed by atoms with van der Waals surface area (Å²) in [6.45, 7) is 19.7. The maximum absolute atomic E-state index is 14.5. The predicted octanol–water partition coefficient (Wildman–Crippen LogP) is 5.08. The molecular formula is C25H46N2O3SSi. The van der Waals surface area contributed by atoms with Gasteiger partial charge >= 0.3 is 0 Å². The van der Waals surface area contributed by atoms with Crippen molar-refractivity contribution in [3.05, 3.63) is 29.8 Å². The molecule has 5 nitrogen and oxygen atoms in total. The third kappa shape index (κ3) is 7.66. The normalized spacial score (nSPS) is 27.0. The van der Waals surface area contributed by atoms with Crippen LogP contribution >= 0.6 is 0 Å². The number of aryl methyl sites for hydroxylation is 1. The van der Waals surface area contributed by atoms with Crippen molar-refractivity contribution < 1.29 is 13.7 Å². The van der Waals surface area contributed by atoms with Crippen LogP contribution in [0.2, 0.25) is 19.6 Å². The van der Waals surface area contributed by atoms with Gasteiger partial charge in [-0.3, -0.25) is 0 Å². The summed E-state index contributed by atoms with van der Waals surface area (Å²) in [4.78, 5) is 0.776. The van der Waals surface area contributed by atoms with E-state index in [1.54, 1.807) is 0 Å². The summed E-state index contributed by atoms with van der Waals surface area (Å²) in [6.07, 6.45) is 0.476. The van der Waals surface area contributed by atoms with E-state index in [1.165, 1.54) is 0 Å². The largest absolute Gasteiger partial charge is 0.415 e. The van der Waals surface area contributed by atoms with Gasteiger partial charge in [0, 0.05) is 17.0 Å². The first-order valence-corrected chi connectivity index (χ1v) is 17.2. The van der Waals surface area contributed by atoms with Crippen LogP contribution in [0.4, 0.5) is 0 Å². The maximum atomic E-state index is 14.5. The van der Waals surface area contributed by atoms with Crippen molar-refractivity contribution in [2.45, 2.75) is 96.7 Å². The minimum absolute atomic E-state index is 0.0240. The summed E-state index contributed by atoms with van der Waals surface area (Å²) < 4.78 is 25.8. The zero-order valence-electron chi connectivity index (χ0n) is 21.6. The maximum Gasteiger partial charge on any atom is 0.183 e. The van der Waals surface area contributed by atoms with E-state index >= 15 is 0 Å². The van der Waals surface area contributed by atoms with Crippen LogP contribution in [0.1, 0.15) is 46.6 Å². The number of aliphatic hydroxyl groups is 1. The first-order chi connectivity index (χ1) is 14.7. The zero-order chi connectivity index (χ0) is 24.3. The van der Waals surface area contributed by atoms with E-state index in [0.29, 0.717) is 18.3 Å². The Balaban J connectivity index is 2.42. The summed E-state index contributed by atoms with van der Waals surface area (Å²) >= 11 is 0. The summed E-state index contributed by atoms with van der Waals surface area (Å²) in [5.41, 5.74) is 1.14. The minimum atomic E-state index is -2.70. The average molecular weight is 483 g/mol. The number of nitrogens with zero attached hydrogens (tertiary/aromatic N) is 1. The molecule has 0 saturated carbocycles. The van der Waals surface area contributed by atoms with E-state index in [4.69, 9.17) is 8.79 Å². The van der Waals surface area contributed by atoms with Crippen LogP contribution in [-0.4, -0.2) is 54.2 Å². The highest BCUT2D eigenvalue weighted by atomic mass is 32.2. The van der Waals surface area contributed by atoms with Crippen LogP contribution < -0.4 is 5.32 Å². The van der Waals surface area contributed by atoms with Gasteiger partial charge in [0.2, 0.25) is 0 Å². The number of rotatable bonds is 10. The Morgan fingerprint density at radius 2 is 1.72 bits per heavy atom. The van der Waals surface area contributed by atoms with Crippen LogP contribution in [0.3, 0.4) is 0 Å². The summed E-state index contributed by atoms with van der Waals surface area (Å²) in [5.74, 6) is 1.14. The molecule has 0 amide bonds. The van der Waals surface area contributed by atoms with E-state index in [9.17, 15) is 9.32 Å². The van der Waals surface area contributed by atoms with Gasteiger partial charge in [0.25, 0.3) is 0 Å². The third-order valence-electron chi connectivity index (χ3n) is 6.30. The number of benzene rings is 1. The van der Waals surface area contributed by atoms with Gasteiger partial charge < -0.3 is 14.8 Å². The van der Waals surface area contributed by atoms with Gasteiger partial charge in [0.1, 0.15) is 0 Å². The molecule has 1 fully saturated rings. The smallest absolute Gasteiger partial charge is 0.183 e. The van der Waals surface area contributed by atoms with Crippen molar-refractivity contribution >= 4 is 18.0 Å². The fraction of sp³-hybridized carbons (Fsp3) is 0.760. The lowest BCUT2D eigenvalue weighted by Gasteiger charge is -2.26. The molecular weight excluding hydrogens is 436 g/mol. The molecule has 1 aromatic carbocycles. The highest BCUT2D eigenvalue weighted by Crippen LogP contribution is 2.29. The first-order valence-electron chi connectivity index (χ1n) is 12.1. The van der Waals surface area contributed by atoms with Gasteiger partial charge in [0.05, 0.1) is 34.2 Å². The van der Waals surface area contributed by atoms with E-state index in [1.807, 2.05) is 31.2 Å². The third-order valence-corrected chi connectivity index (χ3v) is 9.76. The molecule has 2 rings (SSSR count). The van der Waals surface area contributed by atoms with Crippen LogP contribution in [-0.2, 0) is 14.2 Å². The second-order valence-electron chi connectivity index (χ2n) is 11.3. The number of nitrogens with one attached hydrogen (secondary N) is 1. The lowest BCUT2D eigenvalue weighted by molar-refractivity contribution is 0.113. The van der Waals surface area contributed by atoms with Crippen LogP contribution in [0.5, 0.6) is 0 Å². The van der Waals surface area contributed by atoms with Crippen molar-refractivity contribution in [3.63, 3.8) is 0 Å². The Labute approximate surface area is 198 Å². The van der Waals surface area contributed by atoms with E-state index in [2.05, 4.69) is 59.6 Å². The summed E-state index contributed by atoms with van der Waals surface area (Å²) in [6, 6.07) is 7.79. The Morgan fingerprint density at radius 1 is 1.12 bits per heavy atom. The standard InChI is InChI=1S/C25H46N2O3SSi/c1-17(2)14-22-25(28)20(6)24(26-22)16-31(29,21-12-10-19(5)11-13-21)27-23(18(3)4)15-30-32(7,8)9/h10-13,17-18,20,22-26,28H,14-16H2,1-9H3/t20-,22-,23-,24+,25-,31+/m0/s1. The van der Waals surface area contributed by atoms with E-state index < -0.39 is 24.2 Å². The van der Waals surface area contributed by atoms with Crippen molar-refractivity contribution in [2.24, 2.45) is 22.1 Å². The van der Waals surface area contributed by atoms with E-state index in [-0.39, 0.29) is 30.0 Å². The lowest BCUT2D eigenvalue weighted by Crippen LogP contribution is -2.38. The molecule has 2 N–H and O–H groups in total. The Kier molecular flexibility index (Phi) is 9.57. The average Bonchev–Trinajstić information content (AvgIpc) is 2.91. The molecule has 0 radical (unpaired) electrons. The molecule has 184 valence electrons. The molecule has 1 aliphatic heterocycles.